The monoisotopic (exact) mass is 391 g/mol. The zero-order valence-corrected chi connectivity index (χ0v) is 16.1. The Kier molecular flexibility index (Phi) is 4.30. The zero-order valence-electron chi connectivity index (χ0n) is 16.1. The SMILES string of the molecule is Cc1ccc(NC(=O)N2[C@@H]3CC(n4cccn4)C[C@H]2C3)cc1-c1cncc(F)c1. The van der Waals surface area contributed by atoms with Gasteiger partial charge in [-0.25, -0.2) is 9.18 Å². The van der Waals surface area contributed by atoms with Crippen molar-refractivity contribution in [2.24, 2.45) is 0 Å². The van der Waals surface area contributed by atoms with E-state index in [1.807, 2.05) is 47.0 Å². The van der Waals surface area contributed by atoms with Gasteiger partial charge in [-0.2, -0.15) is 5.10 Å². The molecule has 6 rings (SSSR count). The van der Waals surface area contributed by atoms with Gasteiger partial charge in [0.15, 0.2) is 0 Å². The number of anilines is 1. The fourth-order valence-corrected chi connectivity index (χ4v) is 4.65. The van der Waals surface area contributed by atoms with Crippen molar-refractivity contribution < 1.29 is 9.18 Å². The van der Waals surface area contributed by atoms with Gasteiger partial charge in [-0.1, -0.05) is 6.07 Å². The van der Waals surface area contributed by atoms with Crippen LogP contribution < -0.4 is 5.32 Å². The molecule has 0 spiro atoms. The summed E-state index contributed by atoms with van der Waals surface area (Å²) >= 11 is 0. The van der Waals surface area contributed by atoms with E-state index < -0.39 is 0 Å². The van der Waals surface area contributed by atoms with E-state index in [0.29, 0.717) is 17.3 Å². The van der Waals surface area contributed by atoms with E-state index in [4.69, 9.17) is 0 Å². The number of piperidine rings is 1. The molecular formula is C22H22FN5O. The number of fused-ring (bicyclic) bond motifs is 2. The summed E-state index contributed by atoms with van der Waals surface area (Å²) in [6.45, 7) is 1.96. The zero-order chi connectivity index (χ0) is 20.0. The number of urea groups is 1. The number of nitrogens with one attached hydrogen (secondary N) is 1. The summed E-state index contributed by atoms with van der Waals surface area (Å²) in [5, 5.41) is 7.38. The van der Waals surface area contributed by atoms with Gasteiger partial charge >= 0.3 is 6.03 Å². The number of halogens is 1. The Labute approximate surface area is 168 Å². The van der Waals surface area contributed by atoms with Crippen LogP contribution in [0.1, 0.15) is 30.9 Å². The Hall–Kier alpha value is -3.22. The van der Waals surface area contributed by atoms with Gasteiger partial charge in [-0.3, -0.25) is 9.67 Å². The Morgan fingerprint density at radius 2 is 1.93 bits per heavy atom. The maximum absolute atomic E-state index is 13.6. The molecule has 6 nitrogen and oxygen atoms in total. The fourth-order valence-electron chi connectivity index (χ4n) is 4.65. The molecule has 4 heterocycles. The van der Waals surface area contributed by atoms with Crippen molar-refractivity contribution in [2.45, 2.75) is 44.3 Å². The first-order chi connectivity index (χ1) is 14.1. The average Bonchev–Trinajstić information content (AvgIpc) is 3.24. The van der Waals surface area contributed by atoms with Gasteiger partial charge in [0.2, 0.25) is 0 Å². The van der Waals surface area contributed by atoms with Gasteiger partial charge in [0.1, 0.15) is 5.82 Å². The van der Waals surface area contributed by atoms with Crippen LogP contribution in [0.25, 0.3) is 11.1 Å². The molecule has 2 aliphatic heterocycles. The first kappa shape index (κ1) is 17.8. The molecule has 3 fully saturated rings. The predicted molar refractivity (Wildman–Crippen MR) is 108 cm³/mol. The molecular weight excluding hydrogens is 369 g/mol. The number of hydrogen-bond acceptors (Lipinski definition) is 3. The van der Waals surface area contributed by atoms with E-state index in [1.54, 1.807) is 12.4 Å². The Balaban J connectivity index is 1.30. The first-order valence-corrected chi connectivity index (χ1v) is 9.88. The molecule has 1 N–H and O–H groups in total. The molecule has 29 heavy (non-hydrogen) atoms. The summed E-state index contributed by atoms with van der Waals surface area (Å²) < 4.78 is 15.6. The molecule has 1 aliphatic carbocycles. The number of aryl methyl sites for hydroxylation is 1. The Morgan fingerprint density at radius 1 is 1.14 bits per heavy atom. The number of carbonyl (C=O) groups excluding carboxylic acids is 1. The molecule has 0 radical (unpaired) electrons. The number of benzene rings is 1. The Morgan fingerprint density at radius 3 is 2.66 bits per heavy atom. The van der Waals surface area contributed by atoms with E-state index >= 15 is 0 Å². The van der Waals surface area contributed by atoms with Crippen LogP contribution in [0.15, 0.2) is 55.1 Å². The molecule has 2 bridgehead atoms. The number of pyridine rings is 1. The quantitative estimate of drug-likeness (QED) is 0.720. The van der Waals surface area contributed by atoms with Crippen molar-refractivity contribution in [3.05, 3.63) is 66.5 Å². The predicted octanol–water partition coefficient (Wildman–Crippen LogP) is 4.40. The minimum absolute atomic E-state index is 0.0719. The summed E-state index contributed by atoms with van der Waals surface area (Å²) in [5.41, 5.74) is 3.26. The largest absolute Gasteiger partial charge is 0.322 e. The van der Waals surface area contributed by atoms with Crippen LogP contribution in [0, 0.1) is 12.7 Å². The van der Waals surface area contributed by atoms with Crippen molar-refractivity contribution in [1.82, 2.24) is 19.7 Å². The van der Waals surface area contributed by atoms with Crippen LogP contribution in [0.2, 0.25) is 0 Å². The van der Waals surface area contributed by atoms with Crippen LogP contribution in [-0.2, 0) is 0 Å². The second-order valence-electron chi connectivity index (χ2n) is 7.91. The number of amides is 2. The molecule has 1 saturated carbocycles. The summed E-state index contributed by atoms with van der Waals surface area (Å²) in [5.74, 6) is -0.378. The second-order valence-corrected chi connectivity index (χ2v) is 7.91. The second kappa shape index (κ2) is 6.99. The molecule has 2 saturated heterocycles. The number of carbonyl (C=O) groups is 1. The summed E-state index contributed by atoms with van der Waals surface area (Å²) in [4.78, 5) is 18.8. The van der Waals surface area contributed by atoms with Crippen LogP contribution in [0.3, 0.4) is 0 Å². The van der Waals surface area contributed by atoms with Gasteiger partial charge in [-0.05, 0) is 61.6 Å². The molecule has 2 amide bonds. The van der Waals surface area contributed by atoms with E-state index in [1.165, 1.54) is 12.3 Å². The topological polar surface area (TPSA) is 63.1 Å². The van der Waals surface area contributed by atoms with Crippen LogP contribution >= 0.6 is 0 Å². The number of hydrogen-bond donors (Lipinski definition) is 1. The molecule has 1 aromatic carbocycles. The van der Waals surface area contributed by atoms with Gasteiger partial charge in [0.05, 0.1) is 12.2 Å². The van der Waals surface area contributed by atoms with Crippen LogP contribution in [0.4, 0.5) is 14.9 Å². The van der Waals surface area contributed by atoms with Gasteiger partial charge in [0, 0.05) is 41.9 Å². The molecule has 1 unspecified atom stereocenters. The summed E-state index contributed by atoms with van der Waals surface area (Å²) in [6, 6.07) is 9.88. The maximum atomic E-state index is 13.6. The van der Waals surface area contributed by atoms with Crippen LogP contribution in [0.5, 0.6) is 0 Å². The number of rotatable bonds is 3. The molecule has 3 aromatic rings. The average molecular weight is 391 g/mol. The van der Waals surface area contributed by atoms with Crippen molar-refractivity contribution in [3.63, 3.8) is 0 Å². The van der Waals surface area contributed by atoms with E-state index in [0.717, 1.165) is 30.4 Å². The highest BCUT2D eigenvalue weighted by atomic mass is 19.1. The van der Waals surface area contributed by atoms with Crippen molar-refractivity contribution >= 4 is 11.7 Å². The van der Waals surface area contributed by atoms with E-state index in [9.17, 15) is 9.18 Å². The highest BCUT2D eigenvalue weighted by molar-refractivity contribution is 5.91. The number of nitrogens with zero attached hydrogens (tertiary/aromatic N) is 4. The van der Waals surface area contributed by atoms with Crippen molar-refractivity contribution in [3.8, 4) is 11.1 Å². The number of aromatic nitrogens is 3. The first-order valence-electron chi connectivity index (χ1n) is 9.88. The minimum atomic E-state index is -0.378. The van der Waals surface area contributed by atoms with Crippen molar-refractivity contribution in [1.29, 1.82) is 0 Å². The van der Waals surface area contributed by atoms with Gasteiger partial charge in [0.25, 0.3) is 0 Å². The summed E-state index contributed by atoms with van der Waals surface area (Å²) in [6.07, 6.45) is 9.53. The van der Waals surface area contributed by atoms with E-state index in [2.05, 4.69) is 15.4 Å². The van der Waals surface area contributed by atoms with Gasteiger partial charge < -0.3 is 10.2 Å². The molecule has 148 valence electrons. The standard InChI is InChI=1S/C22H22FN5O/c1-14-3-4-17(8-21(14)15-7-16(23)13-24-12-15)26-22(29)28-19-9-18(10-20(28)11-19)27-6-2-5-25-27/h2-8,12-13,18-20H,9-11H2,1H3,(H,26,29)/t18?,19-,20+. The van der Waals surface area contributed by atoms with Crippen molar-refractivity contribution in [2.75, 3.05) is 5.32 Å². The lowest BCUT2D eigenvalue weighted by molar-refractivity contribution is -0.00933. The highest BCUT2D eigenvalue weighted by Crippen LogP contribution is 2.43. The minimum Gasteiger partial charge on any atom is -0.318 e. The molecule has 2 aromatic heterocycles. The molecule has 3 atom stereocenters. The maximum Gasteiger partial charge on any atom is 0.322 e. The smallest absolute Gasteiger partial charge is 0.318 e. The normalized spacial score (nSPS) is 22.8. The third kappa shape index (κ3) is 3.26. The lowest BCUT2D eigenvalue weighted by Crippen LogP contribution is -2.64. The third-order valence-electron chi connectivity index (χ3n) is 6.06. The molecule has 3 aliphatic rings. The molecule has 7 heteroatoms. The Bertz CT molecular complexity index is 1040. The van der Waals surface area contributed by atoms with Gasteiger partial charge in [-0.15, -0.1) is 0 Å². The lowest BCUT2D eigenvalue weighted by Gasteiger charge is -2.54. The third-order valence-corrected chi connectivity index (χ3v) is 6.06. The van der Waals surface area contributed by atoms with E-state index in [-0.39, 0.29) is 23.9 Å². The fraction of sp³-hybridized carbons (Fsp3) is 0.318. The highest BCUT2D eigenvalue weighted by Gasteiger charge is 2.48. The van der Waals surface area contributed by atoms with Crippen LogP contribution in [-0.4, -0.2) is 37.8 Å². The summed E-state index contributed by atoms with van der Waals surface area (Å²) in [7, 11) is 0. The lowest BCUT2D eigenvalue weighted by atomic mass is 9.77.